The van der Waals surface area contributed by atoms with Crippen LogP contribution in [0, 0.1) is 0 Å². The number of amides is 1. The summed E-state index contributed by atoms with van der Waals surface area (Å²) in [6.45, 7) is 2.68. The van der Waals surface area contributed by atoms with E-state index in [2.05, 4.69) is 10.2 Å². The first-order valence-electron chi connectivity index (χ1n) is 8.27. The maximum absolute atomic E-state index is 12.6. The van der Waals surface area contributed by atoms with E-state index in [1.807, 2.05) is 44.4 Å². The van der Waals surface area contributed by atoms with Crippen molar-refractivity contribution < 1.29 is 14.3 Å². The fraction of sp³-hybridized carbons (Fsp3) is 0.500. The van der Waals surface area contributed by atoms with E-state index in [1.165, 1.54) is 11.3 Å². The molecule has 1 amide bonds. The number of nitrogens with zero attached hydrogens (tertiary/aromatic N) is 1. The van der Waals surface area contributed by atoms with E-state index < -0.39 is 0 Å². The van der Waals surface area contributed by atoms with Gasteiger partial charge in [0.05, 0.1) is 24.1 Å². The highest BCUT2D eigenvalue weighted by Crippen LogP contribution is 2.25. The van der Waals surface area contributed by atoms with Gasteiger partial charge in [-0.1, -0.05) is 18.2 Å². The highest BCUT2D eigenvalue weighted by Gasteiger charge is 2.28. The van der Waals surface area contributed by atoms with Gasteiger partial charge in [-0.3, -0.25) is 4.79 Å². The monoisotopic (exact) mass is 348 g/mol. The Bertz CT molecular complexity index is 653. The van der Waals surface area contributed by atoms with Crippen LogP contribution in [0.15, 0.2) is 30.3 Å². The molecule has 3 rings (SSSR count). The van der Waals surface area contributed by atoms with Gasteiger partial charge in [0.2, 0.25) is 0 Å². The average molecular weight is 348 g/mol. The first-order chi connectivity index (χ1) is 11.6. The summed E-state index contributed by atoms with van der Waals surface area (Å²) in [6, 6.07) is 10.0. The molecular formula is C18H24N2O3S. The first-order valence-corrected chi connectivity index (χ1v) is 9.08. The van der Waals surface area contributed by atoms with Gasteiger partial charge in [0, 0.05) is 17.9 Å². The van der Waals surface area contributed by atoms with Crippen LogP contribution in [0.25, 0.3) is 10.1 Å². The SMILES string of the molecule is CN(C)CCO[C@@H]1COCC[C@H]1NC(=O)c1cc2ccccc2s1. The van der Waals surface area contributed by atoms with Crippen LogP contribution in [-0.4, -0.2) is 63.4 Å². The Kier molecular flexibility index (Phi) is 5.84. The van der Waals surface area contributed by atoms with Crippen molar-refractivity contribution in [2.75, 3.05) is 40.5 Å². The van der Waals surface area contributed by atoms with Gasteiger partial charge in [-0.25, -0.2) is 0 Å². The number of ether oxygens (including phenoxy) is 2. The predicted octanol–water partition coefficient (Wildman–Crippen LogP) is 2.37. The van der Waals surface area contributed by atoms with Crippen molar-refractivity contribution in [1.82, 2.24) is 10.2 Å². The lowest BCUT2D eigenvalue weighted by Crippen LogP contribution is -2.50. The second-order valence-electron chi connectivity index (χ2n) is 6.30. The molecule has 5 nitrogen and oxygen atoms in total. The molecule has 1 aromatic heterocycles. The van der Waals surface area contributed by atoms with Crippen LogP contribution in [0.1, 0.15) is 16.1 Å². The Balaban J connectivity index is 1.62. The number of fused-ring (bicyclic) bond motifs is 1. The van der Waals surface area contributed by atoms with Gasteiger partial charge < -0.3 is 19.7 Å². The van der Waals surface area contributed by atoms with E-state index in [-0.39, 0.29) is 18.1 Å². The van der Waals surface area contributed by atoms with Gasteiger partial charge >= 0.3 is 0 Å². The van der Waals surface area contributed by atoms with Gasteiger partial charge in [0.25, 0.3) is 5.91 Å². The molecule has 1 aliphatic heterocycles. The van der Waals surface area contributed by atoms with Crippen molar-refractivity contribution in [3.8, 4) is 0 Å². The predicted molar refractivity (Wildman–Crippen MR) is 96.8 cm³/mol. The van der Waals surface area contributed by atoms with Crippen LogP contribution in [0.3, 0.4) is 0 Å². The van der Waals surface area contributed by atoms with Crippen LogP contribution >= 0.6 is 11.3 Å². The second-order valence-corrected chi connectivity index (χ2v) is 7.39. The number of carbonyl (C=O) groups excluding carboxylic acids is 1. The van der Waals surface area contributed by atoms with Crippen LogP contribution in [0.5, 0.6) is 0 Å². The van der Waals surface area contributed by atoms with Crippen molar-refractivity contribution >= 4 is 27.3 Å². The fourth-order valence-corrected chi connectivity index (χ4v) is 3.73. The van der Waals surface area contributed by atoms with Crippen molar-refractivity contribution in [2.24, 2.45) is 0 Å². The molecule has 1 saturated heterocycles. The summed E-state index contributed by atoms with van der Waals surface area (Å²) in [4.78, 5) is 15.4. The van der Waals surface area contributed by atoms with E-state index in [4.69, 9.17) is 9.47 Å². The quantitative estimate of drug-likeness (QED) is 0.871. The molecule has 0 saturated carbocycles. The Morgan fingerprint density at radius 3 is 3.04 bits per heavy atom. The molecule has 0 aliphatic carbocycles. The topological polar surface area (TPSA) is 50.8 Å². The molecule has 0 unspecified atom stereocenters. The van der Waals surface area contributed by atoms with Crippen molar-refractivity contribution in [1.29, 1.82) is 0 Å². The van der Waals surface area contributed by atoms with E-state index in [0.29, 0.717) is 19.8 Å². The number of carbonyl (C=O) groups is 1. The van der Waals surface area contributed by atoms with Crippen LogP contribution < -0.4 is 5.32 Å². The Morgan fingerprint density at radius 1 is 1.42 bits per heavy atom. The number of nitrogens with one attached hydrogen (secondary N) is 1. The molecule has 1 N–H and O–H groups in total. The first kappa shape index (κ1) is 17.4. The number of thiophene rings is 1. The van der Waals surface area contributed by atoms with Gasteiger partial charge in [-0.05, 0) is 38.0 Å². The summed E-state index contributed by atoms with van der Waals surface area (Å²) in [5.41, 5.74) is 0. The normalized spacial score (nSPS) is 21.3. The Labute approximate surface area is 146 Å². The standard InChI is InChI=1S/C18H24N2O3S/c1-20(2)8-10-23-15-12-22-9-7-14(15)19-18(21)17-11-13-5-3-4-6-16(13)24-17/h3-6,11,14-15H,7-10,12H2,1-2H3,(H,19,21)/t14-,15-/m1/s1. The van der Waals surface area contributed by atoms with Gasteiger partial charge in [-0.2, -0.15) is 0 Å². The Morgan fingerprint density at radius 2 is 2.25 bits per heavy atom. The number of hydrogen-bond donors (Lipinski definition) is 1. The highest BCUT2D eigenvalue weighted by molar-refractivity contribution is 7.20. The van der Waals surface area contributed by atoms with E-state index in [1.54, 1.807) is 0 Å². The summed E-state index contributed by atoms with van der Waals surface area (Å²) in [5, 5.41) is 4.25. The minimum Gasteiger partial charge on any atom is -0.379 e. The van der Waals surface area contributed by atoms with Crippen molar-refractivity contribution in [3.05, 3.63) is 35.2 Å². The molecular weight excluding hydrogens is 324 g/mol. The maximum atomic E-state index is 12.6. The van der Waals surface area contributed by atoms with Crippen LogP contribution in [-0.2, 0) is 9.47 Å². The molecule has 2 heterocycles. The van der Waals surface area contributed by atoms with E-state index >= 15 is 0 Å². The van der Waals surface area contributed by atoms with Crippen molar-refractivity contribution in [2.45, 2.75) is 18.6 Å². The lowest BCUT2D eigenvalue weighted by Gasteiger charge is -2.32. The number of benzene rings is 1. The van der Waals surface area contributed by atoms with Crippen LogP contribution in [0.4, 0.5) is 0 Å². The van der Waals surface area contributed by atoms with E-state index in [0.717, 1.165) is 27.9 Å². The highest BCUT2D eigenvalue weighted by atomic mass is 32.1. The number of rotatable bonds is 6. The molecule has 2 aromatic rings. The summed E-state index contributed by atoms with van der Waals surface area (Å²) in [7, 11) is 4.03. The molecule has 1 fully saturated rings. The third-order valence-electron chi connectivity index (χ3n) is 4.14. The fourth-order valence-electron chi connectivity index (χ4n) is 2.76. The molecule has 1 aromatic carbocycles. The summed E-state index contributed by atoms with van der Waals surface area (Å²) in [5.74, 6) is -0.0238. The smallest absolute Gasteiger partial charge is 0.261 e. The molecule has 24 heavy (non-hydrogen) atoms. The van der Waals surface area contributed by atoms with Crippen LogP contribution in [0.2, 0.25) is 0 Å². The largest absolute Gasteiger partial charge is 0.379 e. The van der Waals surface area contributed by atoms with Gasteiger partial charge in [0.1, 0.15) is 6.10 Å². The Hall–Kier alpha value is -1.47. The zero-order chi connectivity index (χ0) is 16.9. The average Bonchev–Trinajstić information content (AvgIpc) is 3.00. The molecule has 0 spiro atoms. The molecule has 0 radical (unpaired) electrons. The minimum atomic E-state index is -0.0861. The number of likely N-dealkylation sites (N-methyl/N-ethyl adjacent to an activating group) is 1. The summed E-state index contributed by atoms with van der Waals surface area (Å²) >= 11 is 1.53. The molecule has 2 atom stereocenters. The number of hydrogen-bond acceptors (Lipinski definition) is 5. The molecule has 1 aliphatic rings. The zero-order valence-electron chi connectivity index (χ0n) is 14.2. The lowest BCUT2D eigenvalue weighted by molar-refractivity contribution is -0.0690. The third kappa shape index (κ3) is 4.33. The van der Waals surface area contributed by atoms with Crippen molar-refractivity contribution in [3.63, 3.8) is 0 Å². The molecule has 6 heteroatoms. The summed E-state index contributed by atoms with van der Waals surface area (Å²) < 4.78 is 12.6. The lowest BCUT2D eigenvalue weighted by atomic mass is 10.1. The van der Waals surface area contributed by atoms with Gasteiger partial charge in [0.15, 0.2) is 0 Å². The maximum Gasteiger partial charge on any atom is 0.261 e. The zero-order valence-corrected chi connectivity index (χ0v) is 15.0. The molecule has 130 valence electrons. The van der Waals surface area contributed by atoms with Gasteiger partial charge in [-0.15, -0.1) is 11.3 Å². The molecule has 0 bridgehead atoms. The summed E-state index contributed by atoms with van der Waals surface area (Å²) in [6.07, 6.45) is 0.695. The second kappa shape index (κ2) is 8.07. The third-order valence-corrected chi connectivity index (χ3v) is 5.26. The van der Waals surface area contributed by atoms with E-state index in [9.17, 15) is 4.79 Å². The minimum absolute atomic E-state index is 0.00127.